The molecule has 0 radical (unpaired) electrons. The van der Waals surface area contributed by atoms with E-state index in [1.807, 2.05) is 18.2 Å². The SMILES string of the molecule is O=C(CCN1CCN(c2cccc(Cl)c2)CC1)NCC1CCCO1. The molecule has 2 heterocycles. The molecule has 132 valence electrons. The van der Waals surface area contributed by atoms with Crippen molar-refractivity contribution in [1.82, 2.24) is 10.2 Å². The summed E-state index contributed by atoms with van der Waals surface area (Å²) in [7, 11) is 0. The normalized spacial score (nSPS) is 21.9. The fourth-order valence-electron chi connectivity index (χ4n) is 3.28. The minimum absolute atomic E-state index is 0.128. The minimum atomic E-state index is 0.128. The van der Waals surface area contributed by atoms with E-state index in [2.05, 4.69) is 21.2 Å². The number of hydrogen-bond donors (Lipinski definition) is 1. The first-order valence-corrected chi connectivity index (χ1v) is 9.20. The fraction of sp³-hybridized carbons (Fsp3) is 0.611. The number of ether oxygens (including phenoxy) is 1. The van der Waals surface area contributed by atoms with Crippen LogP contribution in [0, 0.1) is 0 Å². The molecule has 2 fully saturated rings. The van der Waals surface area contributed by atoms with E-state index in [1.165, 1.54) is 5.69 Å². The Bertz CT molecular complexity index is 541. The van der Waals surface area contributed by atoms with E-state index in [4.69, 9.17) is 16.3 Å². The van der Waals surface area contributed by atoms with Crippen molar-refractivity contribution >= 4 is 23.2 Å². The van der Waals surface area contributed by atoms with Gasteiger partial charge in [-0.05, 0) is 31.0 Å². The predicted molar refractivity (Wildman–Crippen MR) is 96.7 cm³/mol. The first-order valence-electron chi connectivity index (χ1n) is 8.82. The van der Waals surface area contributed by atoms with Crippen molar-refractivity contribution in [2.24, 2.45) is 0 Å². The fourth-order valence-corrected chi connectivity index (χ4v) is 3.47. The highest BCUT2D eigenvalue weighted by atomic mass is 35.5. The molecule has 6 heteroatoms. The molecule has 0 saturated carbocycles. The summed E-state index contributed by atoms with van der Waals surface area (Å²) in [6, 6.07) is 7.99. The topological polar surface area (TPSA) is 44.8 Å². The summed E-state index contributed by atoms with van der Waals surface area (Å²) < 4.78 is 5.52. The second-order valence-electron chi connectivity index (χ2n) is 6.50. The van der Waals surface area contributed by atoms with Gasteiger partial charge in [0.25, 0.3) is 0 Å². The van der Waals surface area contributed by atoms with Crippen molar-refractivity contribution < 1.29 is 9.53 Å². The number of amides is 1. The minimum Gasteiger partial charge on any atom is -0.376 e. The van der Waals surface area contributed by atoms with Gasteiger partial charge < -0.3 is 15.0 Å². The Balaban J connectivity index is 1.34. The molecular weight excluding hydrogens is 326 g/mol. The number of rotatable bonds is 6. The maximum atomic E-state index is 11.9. The number of piperazine rings is 1. The molecule has 1 atom stereocenters. The molecule has 5 nitrogen and oxygen atoms in total. The molecule has 0 aliphatic carbocycles. The van der Waals surface area contributed by atoms with Crippen molar-refractivity contribution in [3.05, 3.63) is 29.3 Å². The zero-order valence-electron chi connectivity index (χ0n) is 14.0. The average Bonchev–Trinajstić information content (AvgIpc) is 3.12. The number of benzene rings is 1. The molecule has 2 aliphatic heterocycles. The van der Waals surface area contributed by atoms with Gasteiger partial charge in [-0.15, -0.1) is 0 Å². The van der Waals surface area contributed by atoms with Gasteiger partial charge in [-0.25, -0.2) is 0 Å². The first-order chi connectivity index (χ1) is 11.7. The average molecular weight is 352 g/mol. The van der Waals surface area contributed by atoms with E-state index in [-0.39, 0.29) is 12.0 Å². The molecule has 2 saturated heterocycles. The summed E-state index contributed by atoms with van der Waals surface area (Å²) in [4.78, 5) is 16.6. The quantitative estimate of drug-likeness (QED) is 0.853. The van der Waals surface area contributed by atoms with Crippen LogP contribution >= 0.6 is 11.6 Å². The van der Waals surface area contributed by atoms with Crippen molar-refractivity contribution in [3.8, 4) is 0 Å². The summed E-state index contributed by atoms with van der Waals surface area (Å²) in [6.45, 7) is 6.20. The predicted octanol–water partition coefficient (Wildman–Crippen LogP) is 2.15. The number of carbonyl (C=O) groups excluding carboxylic acids is 1. The van der Waals surface area contributed by atoms with E-state index >= 15 is 0 Å². The van der Waals surface area contributed by atoms with Crippen molar-refractivity contribution in [2.75, 3.05) is 50.8 Å². The molecule has 0 aromatic heterocycles. The van der Waals surface area contributed by atoms with Crippen LogP contribution in [0.15, 0.2) is 24.3 Å². The Morgan fingerprint density at radius 1 is 1.29 bits per heavy atom. The standard InChI is InChI=1S/C18H26ClN3O2/c19-15-3-1-4-16(13-15)22-10-8-21(9-11-22)7-6-18(23)20-14-17-5-2-12-24-17/h1,3-4,13,17H,2,5-12,14H2,(H,20,23). The van der Waals surface area contributed by atoms with Gasteiger partial charge in [0, 0.05) is 63.0 Å². The largest absolute Gasteiger partial charge is 0.376 e. The molecular formula is C18H26ClN3O2. The monoisotopic (exact) mass is 351 g/mol. The second kappa shape index (κ2) is 8.70. The Morgan fingerprint density at radius 3 is 2.83 bits per heavy atom. The molecule has 3 rings (SSSR count). The van der Waals surface area contributed by atoms with Crippen LogP contribution in [0.25, 0.3) is 0 Å². The molecule has 1 aromatic rings. The van der Waals surface area contributed by atoms with E-state index in [9.17, 15) is 4.79 Å². The van der Waals surface area contributed by atoms with Crippen LogP contribution < -0.4 is 10.2 Å². The highest BCUT2D eigenvalue weighted by Gasteiger charge is 2.19. The Hall–Kier alpha value is -1.30. The first kappa shape index (κ1) is 17.5. The number of carbonyl (C=O) groups is 1. The van der Waals surface area contributed by atoms with Gasteiger partial charge in [-0.1, -0.05) is 17.7 Å². The van der Waals surface area contributed by atoms with Gasteiger partial charge in [0.2, 0.25) is 5.91 Å². The second-order valence-corrected chi connectivity index (χ2v) is 6.93. The molecule has 0 bridgehead atoms. The Morgan fingerprint density at radius 2 is 2.12 bits per heavy atom. The number of nitrogens with zero attached hydrogens (tertiary/aromatic N) is 2. The smallest absolute Gasteiger partial charge is 0.221 e. The molecule has 1 amide bonds. The molecule has 1 N–H and O–H groups in total. The number of hydrogen-bond acceptors (Lipinski definition) is 4. The molecule has 1 aromatic carbocycles. The van der Waals surface area contributed by atoms with Gasteiger partial charge >= 0.3 is 0 Å². The van der Waals surface area contributed by atoms with E-state index in [0.717, 1.165) is 57.2 Å². The molecule has 0 spiro atoms. The van der Waals surface area contributed by atoms with Crippen LogP contribution in [0.1, 0.15) is 19.3 Å². The number of nitrogens with one attached hydrogen (secondary N) is 1. The van der Waals surface area contributed by atoms with E-state index < -0.39 is 0 Å². The zero-order valence-corrected chi connectivity index (χ0v) is 14.8. The maximum absolute atomic E-state index is 11.9. The molecule has 2 aliphatic rings. The third-order valence-corrected chi connectivity index (χ3v) is 4.99. The lowest BCUT2D eigenvalue weighted by Crippen LogP contribution is -2.47. The zero-order chi connectivity index (χ0) is 16.8. The lowest BCUT2D eigenvalue weighted by molar-refractivity contribution is -0.121. The van der Waals surface area contributed by atoms with Crippen molar-refractivity contribution in [2.45, 2.75) is 25.4 Å². The van der Waals surface area contributed by atoms with Gasteiger partial charge in [0.15, 0.2) is 0 Å². The van der Waals surface area contributed by atoms with Crippen LogP contribution in [-0.2, 0) is 9.53 Å². The maximum Gasteiger partial charge on any atom is 0.221 e. The summed E-state index contributed by atoms with van der Waals surface area (Å²) >= 11 is 6.06. The highest BCUT2D eigenvalue weighted by molar-refractivity contribution is 6.30. The third kappa shape index (κ3) is 5.10. The van der Waals surface area contributed by atoms with Crippen LogP contribution in [0.2, 0.25) is 5.02 Å². The Labute approximate surface area is 148 Å². The molecule has 1 unspecified atom stereocenters. The number of anilines is 1. The van der Waals surface area contributed by atoms with Gasteiger partial charge in [-0.3, -0.25) is 9.69 Å². The van der Waals surface area contributed by atoms with Crippen molar-refractivity contribution in [1.29, 1.82) is 0 Å². The lowest BCUT2D eigenvalue weighted by Gasteiger charge is -2.36. The van der Waals surface area contributed by atoms with Gasteiger partial charge in [0.05, 0.1) is 6.10 Å². The lowest BCUT2D eigenvalue weighted by atomic mass is 10.2. The number of halogens is 1. The Kier molecular flexibility index (Phi) is 6.35. The van der Waals surface area contributed by atoms with Crippen LogP contribution in [0.3, 0.4) is 0 Å². The van der Waals surface area contributed by atoms with Gasteiger partial charge in [-0.2, -0.15) is 0 Å². The van der Waals surface area contributed by atoms with Crippen LogP contribution in [0.5, 0.6) is 0 Å². The highest BCUT2D eigenvalue weighted by Crippen LogP contribution is 2.20. The van der Waals surface area contributed by atoms with E-state index in [0.29, 0.717) is 13.0 Å². The third-order valence-electron chi connectivity index (χ3n) is 4.75. The summed E-state index contributed by atoms with van der Waals surface area (Å²) in [5.41, 5.74) is 1.18. The summed E-state index contributed by atoms with van der Waals surface area (Å²) in [5, 5.41) is 3.77. The molecule has 24 heavy (non-hydrogen) atoms. The van der Waals surface area contributed by atoms with Gasteiger partial charge in [0.1, 0.15) is 0 Å². The van der Waals surface area contributed by atoms with Crippen molar-refractivity contribution in [3.63, 3.8) is 0 Å². The van der Waals surface area contributed by atoms with E-state index in [1.54, 1.807) is 0 Å². The summed E-state index contributed by atoms with van der Waals surface area (Å²) in [5.74, 6) is 0.128. The summed E-state index contributed by atoms with van der Waals surface area (Å²) in [6.07, 6.45) is 2.95. The van der Waals surface area contributed by atoms with Crippen LogP contribution in [0.4, 0.5) is 5.69 Å². The van der Waals surface area contributed by atoms with Crippen LogP contribution in [-0.4, -0.2) is 62.8 Å².